The summed E-state index contributed by atoms with van der Waals surface area (Å²) in [7, 11) is -1.88. The lowest BCUT2D eigenvalue weighted by Crippen LogP contribution is -2.11. The van der Waals surface area contributed by atoms with Gasteiger partial charge in [-0.25, -0.2) is 17.4 Å². The molecule has 7 nitrogen and oxygen atoms in total. The molecule has 0 spiro atoms. The van der Waals surface area contributed by atoms with E-state index in [0.717, 1.165) is 38.7 Å². The molecule has 1 N–H and O–H groups in total. The summed E-state index contributed by atoms with van der Waals surface area (Å²) in [6.07, 6.45) is 9.13. The Hall–Kier alpha value is -4.17. The number of nitrogens with one attached hydrogen (secondary N) is 1. The third kappa shape index (κ3) is 3.07. The van der Waals surface area contributed by atoms with Crippen molar-refractivity contribution in [3.63, 3.8) is 0 Å². The van der Waals surface area contributed by atoms with Crippen molar-refractivity contribution in [2.75, 3.05) is 0 Å². The van der Waals surface area contributed by atoms with Crippen molar-refractivity contribution in [2.24, 2.45) is 7.05 Å². The summed E-state index contributed by atoms with van der Waals surface area (Å²) in [5.41, 5.74) is 4.98. The maximum Gasteiger partial charge on any atom is 0.268 e. The standard InChI is InChI=1S/C25H19N5O2S/c1-29-15-18(13-28-29)17-11-21-22(14-27-25(21)26-12-17)23-16-30(24-10-6-5-9-20(23)24)33(31,32)19-7-3-2-4-8-19/h2-16H,1H3,(H,26,27). The summed E-state index contributed by atoms with van der Waals surface area (Å²) in [6, 6.07) is 18.1. The van der Waals surface area contributed by atoms with Crippen molar-refractivity contribution in [2.45, 2.75) is 4.90 Å². The second-order valence-corrected chi connectivity index (χ2v) is 9.71. The first-order valence-corrected chi connectivity index (χ1v) is 11.8. The molecule has 0 aliphatic heterocycles. The van der Waals surface area contributed by atoms with E-state index in [1.165, 1.54) is 3.97 Å². The molecule has 0 fully saturated rings. The lowest BCUT2D eigenvalue weighted by molar-refractivity contribution is 0.589. The Morgan fingerprint density at radius 1 is 0.848 bits per heavy atom. The van der Waals surface area contributed by atoms with Gasteiger partial charge in [0, 0.05) is 64.9 Å². The van der Waals surface area contributed by atoms with E-state index in [-0.39, 0.29) is 4.90 Å². The minimum Gasteiger partial charge on any atom is -0.346 e. The molecule has 0 atom stereocenters. The average Bonchev–Trinajstić information content (AvgIpc) is 3.56. The van der Waals surface area contributed by atoms with E-state index in [0.29, 0.717) is 5.52 Å². The lowest BCUT2D eigenvalue weighted by atomic mass is 10.0. The van der Waals surface area contributed by atoms with Crippen LogP contribution in [0.15, 0.2) is 96.5 Å². The van der Waals surface area contributed by atoms with Gasteiger partial charge < -0.3 is 4.98 Å². The van der Waals surface area contributed by atoms with Gasteiger partial charge in [-0.1, -0.05) is 36.4 Å². The minimum atomic E-state index is -3.76. The fourth-order valence-electron chi connectivity index (χ4n) is 4.22. The van der Waals surface area contributed by atoms with Crippen LogP contribution in [0.5, 0.6) is 0 Å². The highest BCUT2D eigenvalue weighted by Gasteiger charge is 2.22. The molecule has 33 heavy (non-hydrogen) atoms. The molecule has 0 radical (unpaired) electrons. The van der Waals surface area contributed by atoms with E-state index in [2.05, 4.69) is 21.1 Å². The Morgan fingerprint density at radius 2 is 1.64 bits per heavy atom. The fraction of sp³-hybridized carbons (Fsp3) is 0.0400. The molecule has 0 aliphatic carbocycles. The van der Waals surface area contributed by atoms with Gasteiger partial charge in [-0.15, -0.1) is 0 Å². The zero-order chi connectivity index (χ0) is 22.6. The number of aryl methyl sites for hydroxylation is 1. The molecule has 162 valence electrons. The zero-order valence-electron chi connectivity index (χ0n) is 17.7. The van der Waals surface area contributed by atoms with Gasteiger partial charge in [0.15, 0.2) is 0 Å². The van der Waals surface area contributed by atoms with E-state index in [1.807, 2.05) is 49.9 Å². The van der Waals surface area contributed by atoms with Crippen molar-refractivity contribution in [1.29, 1.82) is 0 Å². The van der Waals surface area contributed by atoms with Crippen LogP contribution in [-0.2, 0) is 17.1 Å². The topological polar surface area (TPSA) is 85.6 Å². The van der Waals surface area contributed by atoms with Crippen LogP contribution in [0, 0.1) is 0 Å². The summed E-state index contributed by atoms with van der Waals surface area (Å²) >= 11 is 0. The molecule has 6 rings (SSSR count). The zero-order valence-corrected chi connectivity index (χ0v) is 18.5. The number of nitrogens with zero attached hydrogens (tertiary/aromatic N) is 4. The maximum atomic E-state index is 13.5. The van der Waals surface area contributed by atoms with E-state index in [1.54, 1.807) is 47.4 Å². The normalized spacial score (nSPS) is 12.0. The van der Waals surface area contributed by atoms with Gasteiger partial charge in [-0.3, -0.25) is 4.68 Å². The summed E-state index contributed by atoms with van der Waals surface area (Å²) in [5, 5.41) is 6.02. The largest absolute Gasteiger partial charge is 0.346 e. The van der Waals surface area contributed by atoms with Gasteiger partial charge in [0.1, 0.15) is 5.65 Å². The molecule has 0 unspecified atom stereocenters. The quantitative estimate of drug-likeness (QED) is 0.415. The third-order valence-corrected chi connectivity index (χ3v) is 7.53. The predicted molar refractivity (Wildman–Crippen MR) is 128 cm³/mol. The fourth-order valence-corrected chi connectivity index (χ4v) is 5.61. The van der Waals surface area contributed by atoms with E-state index in [9.17, 15) is 8.42 Å². The SMILES string of the molecule is Cn1cc(-c2cnc3[nH]cc(-c4cn(S(=O)(=O)c5ccccc5)c5ccccc45)c3c2)cn1. The summed E-state index contributed by atoms with van der Waals surface area (Å²) < 4.78 is 30.1. The molecule has 6 aromatic rings. The number of aromatic amines is 1. The Bertz CT molecular complexity index is 1740. The first-order chi connectivity index (χ1) is 16.0. The van der Waals surface area contributed by atoms with Crippen LogP contribution in [0.3, 0.4) is 0 Å². The van der Waals surface area contributed by atoms with Gasteiger partial charge in [-0.05, 0) is 24.3 Å². The van der Waals surface area contributed by atoms with Crippen LogP contribution in [0.2, 0.25) is 0 Å². The van der Waals surface area contributed by atoms with Gasteiger partial charge in [0.25, 0.3) is 10.0 Å². The number of hydrogen-bond acceptors (Lipinski definition) is 4. The predicted octanol–water partition coefficient (Wildman–Crippen LogP) is 4.82. The van der Waals surface area contributed by atoms with Gasteiger partial charge >= 0.3 is 0 Å². The second-order valence-electron chi connectivity index (χ2n) is 7.90. The van der Waals surface area contributed by atoms with E-state index in [4.69, 9.17) is 0 Å². The summed E-state index contributed by atoms with van der Waals surface area (Å²) in [5.74, 6) is 0. The van der Waals surface area contributed by atoms with Gasteiger partial charge in [-0.2, -0.15) is 5.10 Å². The van der Waals surface area contributed by atoms with Gasteiger partial charge in [0.2, 0.25) is 0 Å². The van der Waals surface area contributed by atoms with Crippen LogP contribution >= 0.6 is 0 Å². The molecule has 0 aliphatic rings. The highest BCUT2D eigenvalue weighted by Crippen LogP contribution is 2.37. The third-order valence-electron chi connectivity index (χ3n) is 5.84. The number of para-hydroxylation sites is 1. The molecule has 8 heteroatoms. The maximum absolute atomic E-state index is 13.5. The van der Waals surface area contributed by atoms with Crippen molar-refractivity contribution < 1.29 is 8.42 Å². The highest BCUT2D eigenvalue weighted by molar-refractivity contribution is 7.90. The summed E-state index contributed by atoms with van der Waals surface area (Å²) in [4.78, 5) is 8.05. The van der Waals surface area contributed by atoms with Crippen LogP contribution in [-0.4, -0.2) is 32.1 Å². The van der Waals surface area contributed by atoms with E-state index < -0.39 is 10.0 Å². The molecule has 4 heterocycles. The Kier molecular flexibility index (Phi) is 4.24. The Morgan fingerprint density at radius 3 is 2.42 bits per heavy atom. The molecule has 0 saturated heterocycles. The number of hydrogen-bond donors (Lipinski definition) is 1. The monoisotopic (exact) mass is 453 g/mol. The number of H-pyrrole nitrogens is 1. The Labute approximate surface area is 190 Å². The number of pyridine rings is 1. The first-order valence-electron chi connectivity index (χ1n) is 10.4. The summed E-state index contributed by atoms with van der Waals surface area (Å²) in [6.45, 7) is 0. The number of rotatable bonds is 4. The number of aromatic nitrogens is 5. The highest BCUT2D eigenvalue weighted by atomic mass is 32.2. The molecule has 2 aromatic carbocycles. The molecule has 0 amide bonds. The van der Waals surface area contributed by atoms with Crippen LogP contribution < -0.4 is 0 Å². The van der Waals surface area contributed by atoms with Crippen LogP contribution in [0.25, 0.3) is 44.2 Å². The van der Waals surface area contributed by atoms with Crippen molar-refractivity contribution in [3.8, 4) is 22.3 Å². The average molecular weight is 454 g/mol. The van der Waals surface area contributed by atoms with Crippen LogP contribution in [0.1, 0.15) is 0 Å². The number of benzene rings is 2. The second kappa shape index (κ2) is 7.18. The smallest absolute Gasteiger partial charge is 0.268 e. The van der Waals surface area contributed by atoms with E-state index >= 15 is 0 Å². The van der Waals surface area contributed by atoms with Gasteiger partial charge in [0.05, 0.1) is 16.6 Å². The Balaban J connectivity index is 1.59. The molecular weight excluding hydrogens is 434 g/mol. The molecule has 0 bridgehead atoms. The number of fused-ring (bicyclic) bond motifs is 2. The van der Waals surface area contributed by atoms with Crippen molar-refractivity contribution >= 4 is 32.0 Å². The first kappa shape index (κ1) is 19.5. The molecule has 4 aromatic heterocycles. The van der Waals surface area contributed by atoms with Crippen LogP contribution in [0.4, 0.5) is 0 Å². The van der Waals surface area contributed by atoms with Crippen molar-refractivity contribution in [1.82, 2.24) is 23.7 Å². The molecular formula is C25H19N5O2S. The molecule has 0 saturated carbocycles. The lowest BCUT2D eigenvalue weighted by Gasteiger charge is -2.07. The minimum absolute atomic E-state index is 0.247. The van der Waals surface area contributed by atoms with Crippen molar-refractivity contribution in [3.05, 3.63) is 91.6 Å².